The number of halogens is 2. The highest BCUT2D eigenvalue weighted by Gasteiger charge is 2.25. The van der Waals surface area contributed by atoms with Gasteiger partial charge in [0.15, 0.2) is 0 Å². The lowest BCUT2D eigenvalue weighted by Crippen LogP contribution is -2.08. The molecule has 0 atom stereocenters. The summed E-state index contributed by atoms with van der Waals surface area (Å²) in [6.45, 7) is 1.71. The first-order valence-corrected chi connectivity index (χ1v) is 12.2. The summed E-state index contributed by atoms with van der Waals surface area (Å²) in [5.41, 5.74) is 1.28. The molecular formula is C23H18Br2O4S. The molecule has 0 unspecified atom stereocenters. The Kier molecular flexibility index (Phi) is 5.90. The Morgan fingerprint density at radius 2 is 1.37 bits per heavy atom. The molecular weight excluding hydrogens is 532 g/mol. The maximum Gasteiger partial charge on any atom is 0.297 e. The Hall–Kier alpha value is -1.93. The van der Waals surface area contributed by atoms with Gasteiger partial charge in [0, 0.05) is 20.1 Å². The Balaban J connectivity index is 2.22. The fraction of sp³-hybridized carbons (Fsp3) is 0.130. The van der Waals surface area contributed by atoms with E-state index in [9.17, 15) is 8.42 Å². The quantitative estimate of drug-likeness (QED) is 0.253. The van der Waals surface area contributed by atoms with E-state index in [1.807, 2.05) is 48.5 Å². The molecule has 4 nitrogen and oxygen atoms in total. The third kappa shape index (κ3) is 3.75. The lowest BCUT2D eigenvalue weighted by atomic mass is 9.93. The summed E-state index contributed by atoms with van der Waals surface area (Å²) in [5, 5.41) is 3.56. The van der Waals surface area contributed by atoms with Crippen molar-refractivity contribution in [3.05, 3.63) is 69.6 Å². The first-order chi connectivity index (χ1) is 14.4. The SMILES string of the molecule is CCOS(=O)(=O)c1ccc2cc(Br)ccc2c1-c1c(OC)ccc2cc(Br)ccc12. The second-order valence-electron chi connectivity index (χ2n) is 6.67. The van der Waals surface area contributed by atoms with Crippen molar-refractivity contribution in [2.24, 2.45) is 0 Å². The fourth-order valence-corrected chi connectivity index (χ4v) is 5.57. The number of benzene rings is 4. The number of hydrogen-bond acceptors (Lipinski definition) is 4. The predicted molar refractivity (Wildman–Crippen MR) is 128 cm³/mol. The second kappa shape index (κ2) is 8.30. The molecule has 0 radical (unpaired) electrons. The van der Waals surface area contributed by atoms with Crippen molar-refractivity contribution in [1.29, 1.82) is 0 Å². The van der Waals surface area contributed by atoms with Crippen molar-refractivity contribution in [1.82, 2.24) is 0 Å². The van der Waals surface area contributed by atoms with Crippen molar-refractivity contribution >= 4 is 63.5 Å². The van der Waals surface area contributed by atoms with Crippen LogP contribution in [0.25, 0.3) is 32.7 Å². The van der Waals surface area contributed by atoms with Gasteiger partial charge in [-0.2, -0.15) is 8.42 Å². The summed E-state index contributed by atoms with van der Waals surface area (Å²) < 4.78 is 38.8. The molecule has 0 aliphatic carbocycles. The molecule has 0 aliphatic rings. The number of ether oxygens (including phenoxy) is 1. The average Bonchev–Trinajstić information content (AvgIpc) is 2.71. The molecule has 0 bridgehead atoms. The highest BCUT2D eigenvalue weighted by Crippen LogP contribution is 2.44. The molecule has 0 N–H and O–H groups in total. The molecule has 0 saturated heterocycles. The molecule has 0 spiro atoms. The standard InChI is InChI=1S/C23H18Br2O4S/c1-3-29-30(26,27)21-11-5-15-13-17(25)7-9-19(15)23(21)22-18-8-6-16(24)12-14(18)4-10-20(22)28-2/h4-13H,3H2,1-2H3. The summed E-state index contributed by atoms with van der Waals surface area (Å²) in [4.78, 5) is 0.118. The minimum atomic E-state index is -3.97. The van der Waals surface area contributed by atoms with Gasteiger partial charge in [0.1, 0.15) is 10.6 Å². The fourth-order valence-electron chi connectivity index (χ4n) is 3.67. The van der Waals surface area contributed by atoms with E-state index in [0.29, 0.717) is 16.9 Å². The molecule has 0 aromatic heterocycles. The van der Waals surface area contributed by atoms with Gasteiger partial charge in [0.25, 0.3) is 10.1 Å². The van der Waals surface area contributed by atoms with Crippen molar-refractivity contribution in [2.45, 2.75) is 11.8 Å². The molecule has 0 saturated carbocycles. The van der Waals surface area contributed by atoms with Crippen molar-refractivity contribution < 1.29 is 17.3 Å². The van der Waals surface area contributed by atoms with E-state index >= 15 is 0 Å². The van der Waals surface area contributed by atoms with E-state index in [1.54, 1.807) is 26.2 Å². The van der Waals surface area contributed by atoms with Crippen molar-refractivity contribution in [3.63, 3.8) is 0 Å². The molecule has 4 aromatic rings. The molecule has 0 aliphatic heterocycles. The summed E-state index contributed by atoms with van der Waals surface area (Å²) in [7, 11) is -2.38. The third-order valence-corrected chi connectivity index (χ3v) is 7.31. The molecule has 4 aromatic carbocycles. The van der Waals surface area contributed by atoms with Crippen LogP contribution < -0.4 is 4.74 Å². The van der Waals surface area contributed by atoms with Gasteiger partial charge < -0.3 is 4.74 Å². The van der Waals surface area contributed by atoms with Crippen LogP contribution in [0.3, 0.4) is 0 Å². The topological polar surface area (TPSA) is 52.6 Å². The minimum Gasteiger partial charge on any atom is -0.496 e. The smallest absolute Gasteiger partial charge is 0.297 e. The van der Waals surface area contributed by atoms with Gasteiger partial charge in [-0.1, -0.05) is 56.1 Å². The van der Waals surface area contributed by atoms with Crippen LogP contribution in [0, 0.1) is 0 Å². The van der Waals surface area contributed by atoms with Gasteiger partial charge >= 0.3 is 0 Å². The Labute approximate surface area is 192 Å². The third-order valence-electron chi connectivity index (χ3n) is 4.90. The normalized spacial score (nSPS) is 11.9. The van der Waals surface area contributed by atoms with E-state index in [4.69, 9.17) is 8.92 Å². The first kappa shape index (κ1) is 21.3. The molecule has 0 fully saturated rings. The van der Waals surface area contributed by atoms with Gasteiger partial charge in [0.2, 0.25) is 0 Å². The zero-order valence-corrected chi connectivity index (χ0v) is 20.3. The molecule has 4 rings (SSSR count). The minimum absolute atomic E-state index is 0.0553. The van der Waals surface area contributed by atoms with E-state index in [-0.39, 0.29) is 11.5 Å². The van der Waals surface area contributed by atoms with Gasteiger partial charge in [0.05, 0.1) is 13.7 Å². The molecule has 154 valence electrons. The van der Waals surface area contributed by atoms with Crippen molar-refractivity contribution in [3.8, 4) is 16.9 Å². The first-order valence-electron chi connectivity index (χ1n) is 9.24. The zero-order valence-electron chi connectivity index (χ0n) is 16.3. The molecule has 0 amide bonds. The number of methoxy groups -OCH3 is 1. The average molecular weight is 550 g/mol. The van der Waals surface area contributed by atoms with E-state index in [0.717, 1.165) is 30.5 Å². The van der Waals surface area contributed by atoms with Gasteiger partial charge in [-0.05, 0) is 64.9 Å². The Morgan fingerprint density at radius 1 is 0.800 bits per heavy atom. The van der Waals surface area contributed by atoms with Crippen molar-refractivity contribution in [2.75, 3.05) is 13.7 Å². The maximum atomic E-state index is 13.0. The van der Waals surface area contributed by atoms with Crippen LogP contribution in [0.2, 0.25) is 0 Å². The summed E-state index contributed by atoms with van der Waals surface area (Å²) in [5.74, 6) is 0.591. The summed E-state index contributed by atoms with van der Waals surface area (Å²) >= 11 is 7.01. The van der Waals surface area contributed by atoms with E-state index in [1.165, 1.54) is 0 Å². The monoisotopic (exact) mass is 548 g/mol. The van der Waals surface area contributed by atoms with Crippen LogP contribution in [0.5, 0.6) is 5.75 Å². The number of fused-ring (bicyclic) bond motifs is 2. The van der Waals surface area contributed by atoms with E-state index < -0.39 is 10.1 Å². The van der Waals surface area contributed by atoms with Gasteiger partial charge in [-0.15, -0.1) is 0 Å². The lowest BCUT2D eigenvalue weighted by Gasteiger charge is -2.18. The highest BCUT2D eigenvalue weighted by atomic mass is 79.9. The Morgan fingerprint density at radius 3 is 1.93 bits per heavy atom. The van der Waals surface area contributed by atoms with Crippen LogP contribution in [-0.2, 0) is 14.3 Å². The second-order valence-corrected chi connectivity index (χ2v) is 10.1. The molecule has 7 heteroatoms. The molecule has 30 heavy (non-hydrogen) atoms. The summed E-state index contributed by atoms with van der Waals surface area (Å²) in [6.07, 6.45) is 0. The van der Waals surface area contributed by atoms with Crippen LogP contribution >= 0.6 is 31.9 Å². The van der Waals surface area contributed by atoms with Gasteiger partial charge in [-0.3, -0.25) is 4.18 Å². The van der Waals surface area contributed by atoms with Crippen LogP contribution in [0.15, 0.2) is 74.5 Å². The summed E-state index contributed by atoms with van der Waals surface area (Å²) in [6, 6.07) is 18.9. The van der Waals surface area contributed by atoms with Gasteiger partial charge in [-0.25, -0.2) is 0 Å². The largest absolute Gasteiger partial charge is 0.496 e. The molecule has 0 heterocycles. The van der Waals surface area contributed by atoms with Crippen LogP contribution in [-0.4, -0.2) is 22.1 Å². The van der Waals surface area contributed by atoms with Crippen LogP contribution in [0.1, 0.15) is 6.92 Å². The Bertz CT molecular complexity index is 1380. The number of rotatable bonds is 5. The maximum absolute atomic E-state index is 13.0. The van der Waals surface area contributed by atoms with Crippen LogP contribution in [0.4, 0.5) is 0 Å². The predicted octanol–water partition coefficient (Wildman–Crippen LogP) is 6.92. The lowest BCUT2D eigenvalue weighted by molar-refractivity contribution is 0.338. The highest BCUT2D eigenvalue weighted by molar-refractivity contribution is 9.10. The van der Waals surface area contributed by atoms with E-state index in [2.05, 4.69) is 31.9 Å². The number of hydrogen-bond donors (Lipinski definition) is 0. The zero-order chi connectivity index (χ0) is 21.5.